The monoisotopic (exact) mass is 504 g/mol. The molecule has 0 atom stereocenters. The van der Waals surface area contributed by atoms with Gasteiger partial charge in [0.1, 0.15) is 5.82 Å². The molecule has 0 unspecified atom stereocenters. The molecule has 1 aliphatic rings. The van der Waals surface area contributed by atoms with Gasteiger partial charge in [-0.3, -0.25) is 9.48 Å². The zero-order valence-electron chi connectivity index (χ0n) is 20.5. The number of aromatic nitrogens is 4. The van der Waals surface area contributed by atoms with Gasteiger partial charge < -0.3 is 9.47 Å². The van der Waals surface area contributed by atoms with Crippen LogP contribution >= 0.6 is 0 Å². The molecule has 0 fully saturated rings. The Hall–Kier alpha value is -3.76. The number of anilines is 1. The van der Waals surface area contributed by atoms with E-state index < -0.39 is 10.0 Å². The number of hydrogen-bond donors (Lipinski definition) is 0. The third-order valence-electron chi connectivity index (χ3n) is 6.62. The lowest BCUT2D eigenvalue weighted by molar-refractivity contribution is 0.0984. The van der Waals surface area contributed by atoms with Gasteiger partial charge in [0, 0.05) is 62.3 Å². The first-order valence-corrected chi connectivity index (χ1v) is 13.2. The predicted octanol–water partition coefficient (Wildman–Crippen LogP) is 3.06. The third kappa shape index (κ3) is 4.33. The van der Waals surface area contributed by atoms with Crippen LogP contribution in [0.2, 0.25) is 0 Å². The standard InChI is InChI=1S/C26H28N6O3S/c1-19-27-25(18-29(19)2)36(34,35)31-15-14-24-22(16-31)23(28-30(24)3)17-32(21-12-8-5-9-13-21)26(33)20-10-6-4-7-11-20/h4-13,18H,14-17H2,1-3H3. The number of nitrogens with zero attached hydrogens (tertiary/aromatic N) is 6. The van der Waals surface area contributed by atoms with Gasteiger partial charge in [-0.15, -0.1) is 0 Å². The molecule has 0 N–H and O–H groups in total. The Morgan fingerprint density at radius 2 is 1.69 bits per heavy atom. The Kier molecular flexibility index (Phi) is 6.23. The first-order chi connectivity index (χ1) is 17.3. The quantitative estimate of drug-likeness (QED) is 0.402. The second-order valence-corrected chi connectivity index (χ2v) is 10.8. The van der Waals surface area contributed by atoms with Crippen LogP contribution in [0.3, 0.4) is 0 Å². The minimum atomic E-state index is -3.77. The SMILES string of the molecule is Cc1nc(S(=O)(=O)N2CCc3c(c(CN(C(=O)c4ccccc4)c4ccccc4)nn3C)C2)cn1C. The summed E-state index contributed by atoms with van der Waals surface area (Å²) in [4.78, 5) is 19.5. The number of aryl methyl sites for hydroxylation is 3. The highest BCUT2D eigenvalue weighted by Gasteiger charge is 2.34. The molecule has 5 rings (SSSR count). The van der Waals surface area contributed by atoms with Gasteiger partial charge in [-0.05, 0) is 31.2 Å². The van der Waals surface area contributed by atoms with Crippen LogP contribution in [0.1, 0.15) is 33.1 Å². The van der Waals surface area contributed by atoms with Crippen LogP contribution in [0.5, 0.6) is 0 Å². The van der Waals surface area contributed by atoms with Crippen LogP contribution in [0.4, 0.5) is 5.69 Å². The van der Waals surface area contributed by atoms with E-state index in [4.69, 9.17) is 5.10 Å². The van der Waals surface area contributed by atoms with Crippen molar-refractivity contribution in [1.82, 2.24) is 23.6 Å². The van der Waals surface area contributed by atoms with E-state index in [1.54, 1.807) is 46.4 Å². The molecule has 0 spiro atoms. The molecule has 0 bridgehead atoms. The van der Waals surface area contributed by atoms with Crippen molar-refractivity contribution in [3.8, 4) is 0 Å². The molecular formula is C26H28N6O3S. The van der Waals surface area contributed by atoms with Crippen molar-refractivity contribution >= 4 is 21.6 Å². The maximum absolute atomic E-state index is 13.5. The van der Waals surface area contributed by atoms with E-state index in [9.17, 15) is 13.2 Å². The van der Waals surface area contributed by atoms with Gasteiger partial charge in [-0.1, -0.05) is 36.4 Å². The summed E-state index contributed by atoms with van der Waals surface area (Å²) in [5, 5.41) is 4.77. The third-order valence-corrected chi connectivity index (χ3v) is 8.34. The first-order valence-electron chi connectivity index (χ1n) is 11.7. The Morgan fingerprint density at radius 3 is 2.33 bits per heavy atom. The van der Waals surface area contributed by atoms with Crippen LogP contribution < -0.4 is 4.90 Å². The maximum atomic E-state index is 13.5. The fraction of sp³-hybridized carbons (Fsp3) is 0.269. The summed E-state index contributed by atoms with van der Waals surface area (Å²) in [6.07, 6.45) is 2.07. The van der Waals surface area contributed by atoms with Gasteiger partial charge in [0.15, 0.2) is 5.03 Å². The van der Waals surface area contributed by atoms with Crippen LogP contribution in [-0.4, -0.2) is 44.5 Å². The highest BCUT2D eigenvalue weighted by Crippen LogP contribution is 2.29. The van der Waals surface area contributed by atoms with Crippen molar-refractivity contribution in [3.63, 3.8) is 0 Å². The molecule has 9 nitrogen and oxygen atoms in total. The number of rotatable bonds is 6. The lowest BCUT2D eigenvalue weighted by atomic mass is 10.1. The normalized spacial score (nSPS) is 14.0. The van der Waals surface area contributed by atoms with E-state index in [0.29, 0.717) is 30.0 Å². The number of carbonyl (C=O) groups excluding carboxylic acids is 1. The van der Waals surface area contributed by atoms with E-state index in [1.807, 2.05) is 55.6 Å². The summed E-state index contributed by atoms with van der Waals surface area (Å²) in [5.41, 5.74) is 3.81. The predicted molar refractivity (Wildman–Crippen MR) is 136 cm³/mol. The molecular weight excluding hydrogens is 476 g/mol. The lowest BCUT2D eigenvalue weighted by Gasteiger charge is -2.27. The number of imidazole rings is 1. The largest absolute Gasteiger partial charge is 0.337 e. The topological polar surface area (TPSA) is 93.3 Å². The number of sulfonamides is 1. The second kappa shape index (κ2) is 9.36. The highest BCUT2D eigenvalue weighted by molar-refractivity contribution is 7.89. The molecule has 0 saturated heterocycles. The van der Waals surface area contributed by atoms with Gasteiger partial charge in [-0.2, -0.15) is 9.40 Å². The van der Waals surface area contributed by atoms with Crippen LogP contribution in [-0.2, 0) is 43.6 Å². The molecule has 10 heteroatoms. The summed E-state index contributed by atoms with van der Waals surface area (Å²) in [6, 6.07) is 18.6. The maximum Gasteiger partial charge on any atom is 0.262 e. The molecule has 2 aromatic heterocycles. The number of benzene rings is 2. The van der Waals surface area contributed by atoms with E-state index >= 15 is 0 Å². The average Bonchev–Trinajstić information content (AvgIpc) is 3.41. The molecule has 4 aromatic rings. The number of para-hydroxylation sites is 1. The van der Waals surface area contributed by atoms with E-state index in [2.05, 4.69) is 4.98 Å². The number of fused-ring (bicyclic) bond motifs is 1. The highest BCUT2D eigenvalue weighted by atomic mass is 32.2. The number of amides is 1. The Labute approximate surface area is 210 Å². The summed E-state index contributed by atoms with van der Waals surface area (Å²) in [7, 11) is -0.134. The molecule has 0 aliphatic carbocycles. The summed E-state index contributed by atoms with van der Waals surface area (Å²) >= 11 is 0. The number of hydrogen-bond acceptors (Lipinski definition) is 5. The molecule has 186 valence electrons. The van der Waals surface area contributed by atoms with E-state index in [0.717, 1.165) is 16.9 Å². The first kappa shape index (κ1) is 24.0. The van der Waals surface area contributed by atoms with Gasteiger partial charge >= 0.3 is 0 Å². The van der Waals surface area contributed by atoms with Crippen molar-refractivity contribution in [1.29, 1.82) is 0 Å². The Bertz CT molecular complexity index is 1490. The van der Waals surface area contributed by atoms with E-state index in [1.165, 1.54) is 4.31 Å². The van der Waals surface area contributed by atoms with Crippen molar-refractivity contribution in [2.45, 2.75) is 31.5 Å². The zero-order chi connectivity index (χ0) is 25.4. The fourth-order valence-electron chi connectivity index (χ4n) is 4.53. The zero-order valence-corrected chi connectivity index (χ0v) is 21.3. The average molecular weight is 505 g/mol. The fourth-order valence-corrected chi connectivity index (χ4v) is 5.97. The molecule has 0 saturated carbocycles. The van der Waals surface area contributed by atoms with Gasteiger partial charge in [0.05, 0.1) is 12.2 Å². The van der Waals surface area contributed by atoms with Crippen LogP contribution in [0, 0.1) is 6.92 Å². The number of carbonyl (C=O) groups is 1. The lowest BCUT2D eigenvalue weighted by Crippen LogP contribution is -2.37. The summed E-state index contributed by atoms with van der Waals surface area (Å²) in [5.74, 6) is 0.483. The van der Waals surface area contributed by atoms with E-state index in [-0.39, 0.29) is 24.0 Å². The van der Waals surface area contributed by atoms with Crippen LogP contribution in [0.25, 0.3) is 0 Å². The molecule has 3 heterocycles. The molecule has 1 amide bonds. The van der Waals surface area contributed by atoms with Gasteiger partial charge in [0.25, 0.3) is 15.9 Å². The van der Waals surface area contributed by atoms with Gasteiger partial charge in [0.2, 0.25) is 0 Å². The van der Waals surface area contributed by atoms with Crippen molar-refractivity contribution in [2.24, 2.45) is 14.1 Å². The molecule has 1 aliphatic heterocycles. The van der Waals surface area contributed by atoms with Crippen molar-refractivity contribution in [2.75, 3.05) is 11.4 Å². The Morgan fingerprint density at radius 1 is 1.03 bits per heavy atom. The Balaban J connectivity index is 1.49. The summed E-state index contributed by atoms with van der Waals surface area (Å²) in [6.45, 7) is 2.51. The van der Waals surface area contributed by atoms with Crippen molar-refractivity contribution in [3.05, 3.63) is 95.2 Å². The molecule has 36 heavy (non-hydrogen) atoms. The van der Waals surface area contributed by atoms with Gasteiger partial charge in [-0.25, -0.2) is 13.4 Å². The minimum Gasteiger partial charge on any atom is -0.337 e. The van der Waals surface area contributed by atoms with Crippen LogP contribution in [0.15, 0.2) is 71.9 Å². The minimum absolute atomic E-state index is 0.0431. The van der Waals surface area contributed by atoms with Crippen molar-refractivity contribution < 1.29 is 13.2 Å². The second-order valence-electron chi connectivity index (χ2n) is 8.91. The molecule has 0 radical (unpaired) electrons. The summed E-state index contributed by atoms with van der Waals surface area (Å²) < 4.78 is 31.7. The smallest absolute Gasteiger partial charge is 0.262 e. The molecule has 2 aromatic carbocycles.